The van der Waals surface area contributed by atoms with Crippen molar-refractivity contribution in [3.63, 3.8) is 0 Å². The summed E-state index contributed by atoms with van der Waals surface area (Å²) in [6.07, 6.45) is -0.609. The zero-order valence-electron chi connectivity index (χ0n) is 13.3. The van der Waals surface area contributed by atoms with Crippen LogP contribution in [0.25, 0.3) is 0 Å². The Morgan fingerprint density at radius 3 is 0.955 bits per heavy atom. The number of Topliss-reactive ketones (excluding diaryl/α,β-unsaturated/α-hetero) is 6. The van der Waals surface area contributed by atoms with Gasteiger partial charge >= 0.3 is 0 Å². The average Bonchev–Trinajstić information content (AvgIpc) is 2.23. The van der Waals surface area contributed by atoms with Gasteiger partial charge in [-0.15, -0.1) is 0 Å². The summed E-state index contributed by atoms with van der Waals surface area (Å²) in [7, 11) is 0. The lowest BCUT2D eigenvalue weighted by Gasteiger charge is -2.09. The summed E-state index contributed by atoms with van der Waals surface area (Å²) < 4.78 is 0. The molecule has 0 aromatic carbocycles. The van der Waals surface area contributed by atoms with Crippen LogP contribution in [0, 0.1) is 0 Å². The van der Waals surface area contributed by atoms with Gasteiger partial charge in [-0.1, -0.05) is 0 Å². The average molecular weight is 324 g/mol. The second-order valence-corrected chi connectivity index (χ2v) is 8.69. The highest BCUT2D eigenvalue weighted by molar-refractivity contribution is 6.69. The van der Waals surface area contributed by atoms with Gasteiger partial charge in [0.15, 0.2) is 0 Å². The van der Waals surface area contributed by atoms with Crippen molar-refractivity contribution in [2.24, 2.45) is 0 Å². The maximum absolute atomic E-state index is 11.7. The van der Waals surface area contributed by atoms with Crippen LogP contribution < -0.4 is 0 Å². The summed E-state index contributed by atoms with van der Waals surface area (Å²) in [6, 6.07) is 0. The summed E-state index contributed by atoms with van der Waals surface area (Å²) in [5.41, 5.74) is 0. The Morgan fingerprint density at radius 2 is 0.773 bits per heavy atom. The molecule has 0 spiro atoms. The lowest BCUT2D eigenvalue weighted by molar-refractivity contribution is -0.126. The first-order chi connectivity index (χ1) is 10.1. The van der Waals surface area contributed by atoms with E-state index in [1.165, 1.54) is 20.8 Å². The van der Waals surface area contributed by atoms with E-state index in [9.17, 15) is 28.8 Å². The smallest absolute Gasteiger partial charge is 0.291 e. The third-order valence-electron chi connectivity index (χ3n) is 2.89. The second-order valence-electron chi connectivity index (χ2n) is 5.73. The SMILES string of the molecule is CC(=O)CC(=O)[CH2][Al]([CH2]C(=O)CC(C)=O)[CH2]C(=O)CC(C)=O. The molecule has 0 aliphatic carbocycles. The summed E-state index contributed by atoms with van der Waals surface area (Å²) >= 11 is -2.09. The van der Waals surface area contributed by atoms with E-state index in [2.05, 4.69) is 0 Å². The van der Waals surface area contributed by atoms with E-state index in [1.54, 1.807) is 0 Å². The van der Waals surface area contributed by atoms with Crippen LogP contribution in [0.5, 0.6) is 0 Å². The first-order valence-electron chi connectivity index (χ1n) is 7.13. The first-order valence-corrected chi connectivity index (χ1v) is 9.58. The largest absolute Gasteiger partial charge is 0.301 e. The van der Waals surface area contributed by atoms with Gasteiger partial charge in [-0.05, 0) is 36.6 Å². The molecule has 0 bridgehead atoms. The fourth-order valence-electron chi connectivity index (χ4n) is 2.23. The van der Waals surface area contributed by atoms with Gasteiger partial charge in [0.2, 0.25) is 0 Å². The summed E-state index contributed by atoms with van der Waals surface area (Å²) in [4.78, 5) is 68.0. The maximum Gasteiger partial charge on any atom is 0.291 e. The summed E-state index contributed by atoms with van der Waals surface area (Å²) in [6.45, 7) is 3.91. The van der Waals surface area contributed by atoms with E-state index < -0.39 is 14.1 Å². The van der Waals surface area contributed by atoms with E-state index in [0.717, 1.165) is 0 Å². The van der Waals surface area contributed by atoms with Crippen molar-refractivity contribution >= 4 is 48.8 Å². The van der Waals surface area contributed by atoms with E-state index in [1.807, 2.05) is 0 Å². The molecular weight excluding hydrogens is 303 g/mol. The lowest BCUT2D eigenvalue weighted by Crippen LogP contribution is -2.26. The second kappa shape index (κ2) is 10.3. The maximum atomic E-state index is 11.7. The van der Waals surface area contributed by atoms with Gasteiger partial charge in [-0.2, -0.15) is 0 Å². The van der Waals surface area contributed by atoms with Gasteiger partial charge in [0, 0.05) is 0 Å². The lowest BCUT2D eigenvalue weighted by atomic mass is 10.2. The van der Waals surface area contributed by atoms with Crippen molar-refractivity contribution in [1.29, 1.82) is 0 Å². The minimum Gasteiger partial charge on any atom is -0.301 e. The molecule has 0 rings (SSSR count). The minimum absolute atomic E-state index is 0.0624. The molecule has 0 atom stereocenters. The molecule has 0 aromatic heterocycles. The molecule has 0 unspecified atom stereocenters. The molecular formula is C15H21AlO6. The quantitative estimate of drug-likeness (QED) is 0.394. The van der Waals surface area contributed by atoms with Crippen molar-refractivity contribution in [3.05, 3.63) is 0 Å². The Hall–Kier alpha value is -1.45. The van der Waals surface area contributed by atoms with Crippen LogP contribution in [-0.2, 0) is 28.8 Å². The normalized spacial score (nSPS) is 9.95. The fourth-order valence-corrected chi connectivity index (χ4v) is 5.03. The van der Waals surface area contributed by atoms with Crippen LogP contribution in [0.3, 0.4) is 0 Å². The van der Waals surface area contributed by atoms with E-state index in [4.69, 9.17) is 0 Å². The third-order valence-corrected chi connectivity index (χ3v) is 5.99. The predicted octanol–water partition coefficient (Wildman–Crippen LogP) is 1.13. The number of ketones is 6. The van der Waals surface area contributed by atoms with Gasteiger partial charge in [-0.25, -0.2) is 0 Å². The molecule has 7 heteroatoms. The van der Waals surface area contributed by atoms with Gasteiger partial charge in [0.05, 0.1) is 19.3 Å². The monoisotopic (exact) mass is 324 g/mol. The van der Waals surface area contributed by atoms with Crippen LogP contribution in [0.1, 0.15) is 40.0 Å². The van der Waals surface area contributed by atoms with Crippen molar-refractivity contribution in [1.82, 2.24) is 0 Å². The molecule has 0 radical (unpaired) electrons. The van der Waals surface area contributed by atoms with Crippen molar-refractivity contribution < 1.29 is 28.8 Å². The van der Waals surface area contributed by atoms with E-state index >= 15 is 0 Å². The zero-order valence-corrected chi connectivity index (χ0v) is 14.4. The standard InChI is InChI=1S/3C5H7O2.Al/c3*1-4(6)3-5(2)7;/h3*1,3H2,2H3;. The molecule has 0 fully saturated rings. The zero-order chi connectivity index (χ0) is 17.3. The first kappa shape index (κ1) is 20.6. The molecule has 22 heavy (non-hydrogen) atoms. The molecule has 6 nitrogen and oxygen atoms in total. The number of carbonyl (C=O) groups excluding carboxylic acids is 6. The number of hydrogen-bond acceptors (Lipinski definition) is 6. The Kier molecular flexibility index (Phi) is 9.63. The molecule has 0 saturated carbocycles. The highest BCUT2D eigenvalue weighted by Crippen LogP contribution is 2.12. The van der Waals surface area contributed by atoms with Crippen LogP contribution in [0.15, 0.2) is 0 Å². The molecule has 0 N–H and O–H groups in total. The minimum atomic E-state index is -2.09. The highest BCUT2D eigenvalue weighted by Gasteiger charge is 2.27. The molecule has 0 heterocycles. The molecule has 0 saturated heterocycles. The van der Waals surface area contributed by atoms with Gasteiger partial charge in [-0.3, -0.25) is 14.4 Å². The Morgan fingerprint density at radius 1 is 0.545 bits per heavy atom. The van der Waals surface area contributed by atoms with Crippen LogP contribution in [-0.4, -0.2) is 48.8 Å². The summed E-state index contributed by atoms with van der Waals surface area (Å²) in [5, 5.41) is 0.187. The van der Waals surface area contributed by atoms with Crippen molar-refractivity contribution in [2.45, 2.75) is 55.9 Å². The topological polar surface area (TPSA) is 102 Å². The molecule has 0 aromatic rings. The van der Waals surface area contributed by atoms with Crippen LogP contribution in [0.4, 0.5) is 0 Å². The van der Waals surface area contributed by atoms with Crippen molar-refractivity contribution in [3.8, 4) is 0 Å². The molecule has 120 valence electrons. The molecule has 0 amide bonds. The van der Waals surface area contributed by atoms with Crippen LogP contribution >= 0.6 is 0 Å². The molecule has 0 aliphatic heterocycles. The number of hydrogen-bond donors (Lipinski definition) is 0. The number of carbonyl (C=O) groups is 6. The highest BCUT2D eigenvalue weighted by atomic mass is 27.2. The van der Waals surface area contributed by atoms with Crippen molar-refractivity contribution in [2.75, 3.05) is 0 Å². The Balaban J connectivity index is 4.74. The predicted molar refractivity (Wildman–Crippen MR) is 81.1 cm³/mol. The van der Waals surface area contributed by atoms with Gasteiger partial charge < -0.3 is 14.4 Å². The molecule has 0 aliphatic rings. The summed E-state index contributed by atoms with van der Waals surface area (Å²) in [5.74, 6) is -1.63. The fraction of sp³-hybridized carbons (Fsp3) is 0.600. The van der Waals surface area contributed by atoms with Gasteiger partial charge in [0.25, 0.3) is 14.1 Å². The Bertz CT molecular complexity index is 423. The number of rotatable bonds is 12. The third kappa shape index (κ3) is 11.2. The Labute approximate surface area is 134 Å². The van der Waals surface area contributed by atoms with Crippen LogP contribution in [0.2, 0.25) is 15.8 Å². The van der Waals surface area contributed by atoms with Gasteiger partial charge in [0.1, 0.15) is 34.7 Å². The van der Waals surface area contributed by atoms with E-state index in [0.29, 0.717) is 0 Å². The van der Waals surface area contributed by atoms with E-state index in [-0.39, 0.29) is 69.8 Å².